The minimum absolute atomic E-state index is 0.181. The number of ether oxygens (including phenoxy) is 1. The Morgan fingerprint density at radius 2 is 2.21 bits per heavy atom. The van der Waals surface area contributed by atoms with Gasteiger partial charge in [-0.25, -0.2) is 0 Å². The molecule has 0 aliphatic heterocycles. The standard InChI is InChI=1S/C12H22O2/c1-3-14-12(13)10(2)9-11-7-5-4-6-8-11/h10-11H,3-9H2,1-2H3/i9D,10D. The summed E-state index contributed by atoms with van der Waals surface area (Å²) in [5.74, 6) is -1.79. The first-order valence-electron chi connectivity index (χ1n) is 6.67. The molecule has 82 valence electrons. The fraction of sp³-hybridized carbons (Fsp3) is 0.917. The molecule has 0 aromatic carbocycles. The van der Waals surface area contributed by atoms with Crippen LogP contribution >= 0.6 is 0 Å². The van der Waals surface area contributed by atoms with Crippen LogP contribution in [0.25, 0.3) is 0 Å². The van der Waals surface area contributed by atoms with E-state index >= 15 is 0 Å². The van der Waals surface area contributed by atoms with E-state index in [1.165, 1.54) is 13.3 Å². The minimum atomic E-state index is -1.42. The lowest BCUT2D eigenvalue weighted by Crippen LogP contribution is -2.19. The zero-order valence-electron chi connectivity index (χ0n) is 11.2. The van der Waals surface area contributed by atoms with Crippen molar-refractivity contribution in [1.29, 1.82) is 0 Å². The summed E-state index contributed by atoms with van der Waals surface area (Å²) >= 11 is 0. The van der Waals surface area contributed by atoms with Crippen LogP contribution in [-0.4, -0.2) is 12.6 Å². The highest BCUT2D eigenvalue weighted by Crippen LogP contribution is 2.29. The van der Waals surface area contributed by atoms with Gasteiger partial charge in [0.1, 0.15) is 0 Å². The third-order valence-electron chi connectivity index (χ3n) is 2.73. The van der Waals surface area contributed by atoms with Crippen molar-refractivity contribution in [2.45, 2.75) is 52.3 Å². The lowest BCUT2D eigenvalue weighted by molar-refractivity contribution is -0.148. The summed E-state index contributed by atoms with van der Waals surface area (Å²) in [6.45, 7) is 3.52. The van der Waals surface area contributed by atoms with E-state index in [1.54, 1.807) is 6.92 Å². The summed E-state index contributed by atoms with van der Waals surface area (Å²) < 4.78 is 21.0. The molecule has 0 amide bonds. The van der Waals surface area contributed by atoms with E-state index in [0.717, 1.165) is 25.7 Å². The van der Waals surface area contributed by atoms with Crippen LogP contribution in [0.5, 0.6) is 0 Å². The first-order chi connectivity index (χ1) is 7.50. The highest BCUT2D eigenvalue weighted by Gasteiger charge is 2.21. The third-order valence-corrected chi connectivity index (χ3v) is 2.73. The van der Waals surface area contributed by atoms with Gasteiger partial charge < -0.3 is 4.74 Å². The molecule has 0 bridgehead atoms. The molecule has 1 rings (SSSR count). The average molecular weight is 200 g/mol. The number of hydrogen-bond donors (Lipinski definition) is 0. The molecule has 14 heavy (non-hydrogen) atoms. The molecule has 1 aliphatic rings. The molecule has 2 unspecified atom stereocenters. The van der Waals surface area contributed by atoms with E-state index < -0.39 is 18.3 Å². The molecule has 1 aliphatic carbocycles. The van der Waals surface area contributed by atoms with E-state index in [1.807, 2.05) is 0 Å². The van der Waals surface area contributed by atoms with E-state index in [9.17, 15) is 4.79 Å². The van der Waals surface area contributed by atoms with Gasteiger partial charge in [-0.05, 0) is 19.2 Å². The van der Waals surface area contributed by atoms with Crippen molar-refractivity contribution in [3.63, 3.8) is 0 Å². The van der Waals surface area contributed by atoms with E-state index in [4.69, 9.17) is 7.48 Å². The van der Waals surface area contributed by atoms with Crippen molar-refractivity contribution in [3.8, 4) is 0 Å². The van der Waals surface area contributed by atoms with Crippen molar-refractivity contribution in [1.82, 2.24) is 0 Å². The van der Waals surface area contributed by atoms with E-state index in [-0.39, 0.29) is 12.5 Å². The summed E-state index contributed by atoms with van der Waals surface area (Å²) in [6.07, 6.45) is 4.76. The Bertz CT molecular complexity index is 235. The van der Waals surface area contributed by atoms with Gasteiger partial charge >= 0.3 is 5.97 Å². The third kappa shape index (κ3) is 3.69. The molecular weight excluding hydrogens is 176 g/mol. The summed E-state index contributed by atoms with van der Waals surface area (Å²) in [5.41, 5.74) is 0. The van der Waals surface area contributed by atoms with Gasteiger partial charge in [-0.1, -0.05) is 39.0 Å². The van der Waals surface area contributed by atoms with Crippen molar-refractivity contribution >= 4 is 5.97 Å². The van der Waals surface area contributed by atoms with Crippen LogP contribution in [0.1, 0.15) is 55.1 Å². The minimum Gasteiger partial charge on any atom is -0.466 e. The highest BCUT2D eigenvalue weighted by molar-refractivity contribution is 5.71. The maximum Gasteiger partial charge on any atom is 0.308 e. The predicted octanol–water partition coefficient (Wildman–Crippen LogP) is 3.16. The molecule has 1 fully saturated rings. The number of hydrogen-bond acceptors (Lipinski definition) is 2. The Hall–Kier alpha value is -0.530. The molecule has 0 spiro atoms. The zero-order valence-corrected chi connectivity index (χ0v) is 9.21. The number of carbonyl (C=O) groups is 1. The second-order valence-corrected chi connectivity index (χ2v) is 3.97. The normalized spacial score (nSPS) is 27.0. The Balaban J connectivity index is 2.61. The highest BCUT2D eigenvalue weighted by atomic mass is 16.5. The molecule has 0 heterocycles. The zero-order chi connectivity index (χ0) is 12.2. The van der Waals surface area contributed by atoms with Crippen molar-refractivity contribution in [2.75, 3.05) is 6.61 Å². The smallest absolute Gasteiger partial charge is 0.308 e. The Kier molecular flexibility index (Phi) is 3.78. The Morgan fingerprint density at radius 1 is 1.57 bits per heavy atom. The fourth-order valence-electron chi connectivity index (χ4n) is 1.97. The van der Waals surface area contributed by atoms with Gasteiger partial charge in [0, 0.05) is 2.74 Å². The SMILES string of the molecule is [2H]C(C1CCCCC1)C([2H])(C)C(=O)OCC. The summed E-state index contributed by atoms with van der Waals surface area (Å²) in [5, 5.41) is 0. The van der Waals surface area contributed by atoms with Gasteiger partial charge in [0.15, 0.2) is 0 Å². The van der Waals surface area contributed by atoms with Gasteiger partial charge in [0.05, 0.1) is 12.5 Å². The number of esters is 1. The van der Waals surface area contributed by atoms with Gasteiger partial charge in [0.2, 0.25) is 0 Å². The second-order valence-electron chi connectivity index (χ2n) is 3.97. The van der Waals surface area contributed by atoms with Crippen molar-refractivity contribution < 1.29 is 12.3 Å². The molecule has 0 saturated heterocycles. The molecule has 0 radical (unpaired) electrons. The van der Waals surface area contributed by atoms with Gasteiger partial charge in [-0.15, -0.1) is 0 Å². The first-order valence-corrected chi connectivity index (χ1v) is 5.59. The van der Waals surface area contributed by atoms with Crippen molar-refractivity contribution in [2.24, 2.45) is 11.8 Å². The Labute approximate surface area is 89.8 Å². The molecule has 2 heteroatoms. The van der Waals surface area contributed by atoms with Crippen LogP contribution in [0.3, 0.4) is 0 Å². The summed E-state index contributed by atoms with van der Waals surface area (Å²) in [4.78, 5) is 11.6. The molecule has 1 saturated carbocycles. The van der Waals surface area contributed by atoms with Crippen LogP contribution in [0.2, 0.25) is 0 Å². The van der Waals surface area contributed by atoms with Crippen LogP contribution in [0, 0.1) is 11.8 Å². The summed E-state index contributed by atoms with van der Waals surface area (Å²) in [6, 6.07) is 0. The lowest BCUT2D eigenvalue weighted by atomic mass is 9.83. The van der Waals surface area contributed by atoms with Crippen LogP contribution < -0.4 is 0 Å². The first kappa shape index (κ1) is 8.75. The lowest BCUT2D eigenvalue weighted by Gasteiger charge is -2.23. The largest absolute Gasteiger partial charge is 0.466 e. The number of rotatable bonds is 4. The van der Waals surface area contributed by atoms with E-state index in [0.29, 0.717) is 0 Å². The molecule has 0 N–H and O–H groups in total. The average Bonchev–Trinajstić information content (AvgIpc) is 2.29. The quantitative estimate of drug-likeness (QED) is 0.652. The fourth-order valence-corrected chi connectivity index (χ4v) is 1.97. The topological polar surface area (TPSA) is 26.3 Å². The summed E-state index contributed by atoms with van der Waals surface area (Å²) in [7, 11) is 0. The monoisotopic (exact) mass is 200 g/mol. The van der Waals surface area contributed by atoms with Crippen LogP contribution in [0.4, 0.5) is 0 Å². The van der Waals surface area contributed by atoms with Crippen LogP contribution in [0.15, 0.2) is 0 Å². The molecule has 0 aromatic rings. The maximum atomic E-state index is 11.6. The van der Waals surface area contributed by atoms with Crippen LogP contribution in [-0.2, 0) is 9.53 Å². The molecule has 2 nitrogen and oxygen atoms in total. The van der Waals surface area contributed by atoms with E-state index in [2.05, 4.69) is 0 Å². The second kappa shape index (κ2) is 6.05. The maximum absolute atomic E-state index is 11.6. The number of carbonyl (C=O) groups excluding carboxylic acids is 1. The molecular formula is C12H22O2. The Morgan fingerprint density at radius 3 is 2.79 bits per heavy atom. The van der Waals surface area contributed by atoms with Gasteiger partial charge in [-0.3, -0.25) is 4.79 Å². The predicted molar refractivity (Wildman–Crippen MR) is 57.0 cm³/mol. The molecule has 0 aromatic heterocycles. The molecule has 2 atom stereocenters. The van der Waals surface area contributed by atoms with Gasteiger partial charge in [-0.2, -0.15) is 0 Å². The van der Waals surface area contributed by atoms with Crippen molar-refractivity contribution in [3.05, 3.63) is 0 Å². The van der Waals surface area contributed by atoms with Gasteiger partial charge in [0.25, 0.3) is 0 Å².